The number of aromatic amines is 2. The molecule has 4 N–H and O–H groups in total. The van der Waals surface area contributed by atoms with Crippen LogP contribution in [0.1, 0.15) is 60.8 Å². The minimum atomic E-state index is -4.67. The van der Waals surface area contributed by atoms with Gasteiger partial charge in [0.05, 0.1) is 30.2 Å². The third kappa shape index (κ3) is 8.38. The van der Waals surface area contributed by atoms with Crippen molar-refractivity contribution in [3.8, 4) is 11.3 Å². The lowest BCUT2D eigenvalue weighted by Crippen LogP contribution is -2.40. The number of nitrogens with zero attached hydrogens (tertiary/aromatic N) is 5. The summed E-state index contributed by atoms with van der Waals surface area (Å²) in [6.45, 7) is 5.01. The van der Waals surface area contributed by atoms with Gasteiger partial charge in [0.1, 0.15) is 5.82 Å². The van der Waals surface area contributed by atoms with Gasteiger partial charge in [0.25, 0.3) is 0 Å². The van der Waals surface area contributed by atoms with Crippen LogP contribution in [0, 0.1) is 0 Å². The molecular weight excluding hydrogens is 641 g/mol. The molecule has 1 fully saturated rings. The summed E-state index contributed by atoms with van der Waals surface area (Å²) in [5.41, 5.74) is 1.20. The molecule has 0 saturated carbocycles. The van der Waals surface area contributed by atoms with Gasteiger partial charge in [-0.15, -0.1) is 0 Å². The fourth-order valence-electron chi connectivity index (χ4n) is 6.21. The third-order valence-electron chi connectivity index (χ3n) is 8.47. The Bertz CT molecular complexity index is 1800. The number of hydrogen-bond donors (Lipinski definition) is 4. The van der Waals surface area contributed by atoms with Crippen LogP contribution in [0.15, 0.2) is 34.6 Å². The number of carbonyl (C=O) groups is 1. The van der Waals surface area contributed by atoms with Gasteiger partial charge in [-0.25, -0.2) is 18.3 Å². The summed E-state index contributed by atoms with van der Waals surface area (Å²) < 4.78 is 69.7. The minimum absolute atomic E-state index is 0.0178. The van der Waals surface area contributed by atoms with Crippen LogP contribution >= 0.6 is 0 Å². The molecule has 4 heterocycles. The van der Waals surface area contributed by atoms with Crippen molar-refractivity contribution in [2.75, 3.05) is 32.4 Å². The third-order valence-corrected chi connectivity index (χ3v) is 9.72. The van der Waals surface area contributed by atoms with E-state index in [-0.39, 0.29) is 43.4 Å². The number of carbonyl (C=O) groups excluding carboxylic acids is 1. The highest BCUT2D eigenvalue weighted by Gasteiger charge is 2.35. The van der Waals surface area contributed by atoms with Gasteiger partial charge < -0.3 is 15.3 Å². The zero-order valence-corrected chi connectivity index (χ0v) is 27.2. The van der Waals surface area contributed by atoms with E-state index in [1.54, 1.807) is 18.5 Å². The average molecular weight is 681 g/mol. The van der Waals surface area contributed by atoms with Crippen LogP contribution in [0.5, 0.6) is 0 Å². The number of β-amino-alcohol motifs (C(OH)–C–C–N with tert-alkyl or cyclic N) is 1. The van der Waals surface area contributed by atoms with Gasteiger partial charge in [-0.1, -0.05) is 11.6 Å². The van der Waals surface area contributed by atoms with Gasteiger partial charge in [0, 0.05) is 61.4 Å². The van der Waals surface area contributed by atoms with Crippen molar-refractivity contribution in [2.24, 2.45) is 0 Å². The zero-order valence-electron chi connectivity index (χ0n) is 26.4. The first-order valence-corrected chi connectivity index (χ1v) is 17.1. The molecule has 256 valence electrons. The molecule has 2 aliphatic heterocycles. The zero-order chi connectivity index (χ0) is 34.1. The number of aliphatic hydroxyl groups is 1. The molecule has 0 radical (unpaired) electrons. The van der Waals surface area contributed by atoms with Crippen LogP contribution in [0.3, 0.4) is 0 Å². The lowest BCUT2D eigenvalue weighted by Gasteiger charge is -2.32. The maximum atomic E-state index is 14.0. The lowest BCUT2D eigenvalue weighted by atomic mass is 9.96. The molecule has 0 spiro atoms. The number of alkyl halides is 3. The van der Waals surface area contributed by atoms with Crippen molar-refractivity contribution in [1.82, 2.24) is 39.5 Å². The quantitative estimate of drug-likeness (QED) is 0.236. The molecule has 2 aromatic heterocycles. The summed E-state index contributed by atoms with van der Waals surface area (Å²) in [5, 5.41) is 24.8. The number of piperidine rings is 1. The molecule has 1 atom stereocenters. The maximum absolute atomic E-state index is 14.0. The van der Waals surface area contributed by atoms with E-state index in [1.807, 2.05) is 0 Å². The van der Waals surface area contributed by atoms with Crippen LogP contribution in [0.25, 0.3) is 11.3 Å². The van der Waals surface area contributed by atoms with Gasteiger partial charge in [0.15, 0.2) is 0 Å². The van der Waals surface area contributed by atoms with E-state index in [2.05, 4.69) is 25.4 Å². The molecule has 1 aromatic carbocycles. The first-order valence-electron chi connectivity index (χ1n) is 15.3. The fraction of sp³-hybridized carbons (Fsp3) is 0.533. The number of rotatable bonds is 10. The normalized spacial score (nSPS) is 17.3. The second kappa shape index (κ2) is 13.7. The smallest absolute Gasteiger partial charge is 0.390 e. The molecule has 3 aromatic rings. The molecule has 1 saturated heterocycles. The molecule has 13 nitrogen and oxygen atoms in total. The monoisotopic (exact) mass is 680 g/mol. The Labute approximate surface area is 269 Å². The fourth-order valence-corrected chi connectivity index (χ4v) is 7.00. The Morgan fingerprint density at radius 1 is 1.19 bits per heavy atom. The number of sulfonamides is 1. The van der Waals surface area contributed by atoms with Crippen LogP contribution in [0.4, 0.5) is 13.2 Å². The number of allylic oxidation sites excluding steroid dienone is 1. The Balaban J connectivity index is 1.40. The van der Waals surface area contributed by atoms with Crippen molar-refractivity contribution >= 4 is 15.9 Å². The van der Waals surface area contributed by atoms with Gasteiger partial charge in [-0.2, -0.15) is 27.7 Å². The summed E-state index contributed by atoms with van der Waals surface area (Å²) in [6, 6.07) is 3.56. The van der Waals surface area contributed by atoms with E-state index in [0.29, 0.717) is 60.0 Å². The second-order valence-corrected chi connectivity index (χ2v) is 14.4. The van der Waals surface area contributed by atoms with Gasteiger partial charge in [0.2, 0.25) is 15.9 Å². The van der Waals surface area contributed by atoms with Crippen molar-refractivity contribution in [2.45, 2.75) is 70.9 Å². The number of aliphatic hydroxyl groups excluding tert-OH is 1. The van der Waals surface area contributed by atoms with Crippen LogP contribution in [-0.2, 0) is 47.0 Å². The highest BCUT2D eigenvalue weighted by atomic mass is 32.2. The number of hydrogen-bond acceptors (Lipinski definition) is 8. The van der Waals surface area contributed by atoms with Crippen molar-refractivity contribution in [3.63, 3.8) is 0 Å². The van der Waals surface area contributed by atoms with E-state index < -0.39 is 33.8 Å². The molecule has 0 bridgehead atoms. The van der Waals surface area contributed by atoms with Crippen LogP contribution in [-0.4, -0.2) is 92.1 Å². The summed E-state index contributed by atoms with van der Waals surface area (Å²) in [5.74, 6) is 0.203. The molecule has 1 amide bonds. The summed E-state index contributed by atoms with van der Waals surface area (Å²) in [6.07, 6.45) is -1.30. The topological polar surface area (TPSA) is 169 Å². The molecule has 17 heteroatoms. The van der Waals surface area contributed by atoms with Crippen LogP contribution < -0.4 is 11.0 Å². The lowest BCUT2D eigenvalue weighted by molar-refractivity contribution is -0.138. The molecule has 5 rings (SSSR count). The Hall–Kier alpha value is -3.80. The van der Waals surface area contributed by atoms with E-state index >= 15 is 0 Å². The van der Waals surface area contributed by atoms with Gasteiger partial charge >= 0.3 is 11.9 Å². The van der Waals surface area contributed by atoms with Crippen LogP contribution in [0.2, 0.25) is 0 Å². The molecule has 2 aliphatic rings. The van der Waals surface area contributed by atoms with E-state index in [1.165, 1.54) is 22.5 Å². The summed E-state index contributed by atoms with van der Waals surface area (Å²) >= 11 is 0. The number of fused-ring (bicyclic) bond motifs is 1. The number of halogens is 3. The van der Waals surface area contributed by atoms with Crippen molar-refractivity contribution in [3.05, 3.63) is 68.5 Å². The predicted molar refractivity (Wildman–Crippen MR) is 167 cm³/mol. The number of H-pyrrole nitrogens is 2. The maximum Gasteiger partial charge on any atom is 0.416 e. The number of benzene rings is 1. The second-order valence-electron chi connectivity index (χ2n) is 12.4. The Morgan fingerprint density at radius 2 is 1.91 bits per heavy atom. The first-order chi connectivity index (χ1) is 22.1. The number of amides is 1. The highest BCUT2D eigenvalue weighted by Crippen LogP contribution is 2.37. The average Bonchev–Trinajstić information content (AvgIpc) is 3.58. The summed E-state index contributed by atoms with van der Waals surface area (Å²) in [4.78, 5) is 28.4. The number of aromatic nitrogens is 5. The molecule has 0 aliphatic carbocycles. The molecule has 1 unspecified atom stereocenters. The molecular formula is C30H39F3N8O5S. The predicted octanol–water partition coefficient (Wildman–Crippen LogP) is 2.12. The Morgan fingerprint density at radius 3 is 2.53 bits per heavy atom. The number of nitrogens with one attached hydrogen (secondary N) is 3. The van der Waals surface area contributed by atoms with Crippen molar-refractivity contribution in [1.29, 1.82) is 0 Å². The highest BCUT2D eigenvalue weighted by molar-refractivity contribution is 7.88. The number of likely N-dealkylation sites (tertiary alicyclic amines) is 1. The molecule has 47 heavy (non-hydrogen) atoms. The van der Waals surface area contributed by atoms with Gasteiger partial charge in [-0.3, -0.25) is 14.5 Å². The van der Waals surface area contributed by atoms with E-state index in [4.69, 9.17) is 5.10 Å². The minimum Gasteiger partial charge on any atom is -0.390 e. The van der Waals surface area contributed by atoms with Crippen molar-refractivity contribution < 1.29 is 31.5 Å². The standard InChI is InChI=1S/C30H39F3N8O5S/c1-18(2)12-26(43)34-14-21-13-20(4-5-24(21)30(31,32)33)27-23-17-40(47(3,45)46)11-8-25(23)41(38-27)16-22(42)15-39-9-6-19(7-10-39)28-35-29(44)37-36-28/h4-5,12-13,19,22,42H,6-11,14-17H2,1-3H3,(H,34,43)(H2,35,36,37,44). The largest absolute Gasteiger partial charge is 0.416 e. The summed E-state index contributed by atoms with van der Waals surface area (Å²) in [7, 11) is -3.57. The SMILES string of the molecule is CC(C)=CC(=O)NCc1cc(-c2nn(CC(O)CN3CCC(c4n[nH]c(=O)[nH]4)CC3)c3c2CN(S(C)(=O)=O)CC3)ccc1C(F)(F)F. The van der Waals surface area contributed by atoms with Gasteiger partial charge in [-0.05, 0) is 57.5 Å². The van der Waals surface area contributed by atoms with E-state index in [9.17, 15) is 36.3 Å². The first kappa shape index (κ1) is 34.5. The Kier molecular flexibility index (Phi) is 10.1. The van der Waals surface area contributed by atoms with E-state index in [0.717, 1.165) is 25.2 Å².